The summed E-state index contributed by atoms with van der Waals surface area (Å²) >= 11 is 1.04. The van der Waals surface area contributed by atoms with Crippen molar-refractivity contribution in [3.63, 3.8) is 0 Å². The Morgan fingerprint density at radius 3 is 2.44 bits per heavy atom. The fraction of sp³-hybridized carbons (Fsp3) is 0.238. The first-order valence-corrected chi connectivity index (χ1v) is 12.2. The lowest BCUT2D eigenvalue weighted by Gasteiger charge is -2.12. The predicted octanol–water partition coefficient (Wildman–Crippen LogP) is 2.82. The van der Waals surface area contributed by atoms with Gasteiger partial charge >= 0.3 is 4.87 Å². The van der Waals surface area contributed by atoms with Crippen LogP contribution in [0.3, 0.4) is 0 Å². The van der Waals surface area contributed by atoms with E-state index >= 15 is 0 Å². The lowest BCUT2D eigenvalue weighted by Crippen LogP contribution is -2.25. The van der Waals surface area contributed by atoms with Gasteiger partial charge in [-0.15, -0.1) is 0 Å². The Bertz CT molecular complexity index is 1300. The number of amides is 1. The zero-order valence-corrected chi connectivity index (χ0v) is 18.8. The summed E-state index contributed by atoms with van der Waals surface area (Å²) < 4.78 is 40.5. The Hall–Kier alpha value is -3.31. The van der Waals surface area contributed by atoms with Crippen LogP contribution in [0.5, 0.6) is 11.5 Å². The summed E-state index contributed by atoms with van der Waals surface area (Å²) in [4.78, 5) is 23.8. The van der Waals surface area contributed by atoms with Crippen molar-refractivity contribution in [3.8, 4) is 11.5 Å². The van der Waals surface area contributed by atoms with Crippen LogP contribution >= 0.6 is 11.3 Å². The average molecular weight is 476 g/mol. The van der Waals surface area contributed by atoms with Crippen LogP contribution in [0.25, 0.3) is 0 Å². The summed E-state index contributed by atoms with van der Waals surface area (Å²) in [7, 11) is -3.85. The maximum Gasteiger partial charge on any atom is 0.307 e. The number of ether oxygens (including phenoxy) is 2. The van der Waals surface area contributed by atoms with Crippen molar-refractivity contribution in [3.05, 3.63) is 63.2 Å². The topological polar surface area (TPSA) is 116 Å². The van der Waals surface area contributed by atoms with Crippen molar-refractivity contribution >= 4 is 38.6 Å². The number of aromatic nitrogens is 1. The third-order valence-electron chi connectivity index (χ3n) is 4.73. The van der Waals surface area contributed by atoms with E-state index in [-0.39, 0.29) is 22.2 Å². The van der Waals surface area contributed by atoms with Gasteiger partial charge in [0.15, 0.2) is 11.5 Å². The number of anilines is 2. The minimum Gasteiger partial charge on any atom is -0.490 e. The van der Waals surface area contributed by atoms with Crippen LogP contribution < -0.4 is 24.4 Å². The fourth-order valence-corrected chi connectivity index (χ4v) is 4.89. The molecular formula is C21H21N3O6S2. The third-order valence-corrected chi connectivity index (χ3v) is 6.99. The van der Waals surface area contributed by atoms with Gasteiger partial charge in [-0.2, -0.15) is 0 Å². The number of rotatable bonds is 6. The number of sulfonamides is 1. The summed E-state index contributed by atoms with van der Waals surface area (Å²) in [6.07, 6.45) is 0.724. The maximum atomic E-state index is 12.8. The van der Waals surface area contributed by atoms with Crippen molar-refractivity contribution in [2.75, 3.05) is 23.3 Å². The highest BCUT2D eigenvalue weighted by atomic mass is 32.2. The normalized spacial score (nSPS) is 13.3. The number of carbonyl (C=O) groups is 1. The molecule has 0 unspecified atom stereocenters. The highest BCUT2D eigenvalue weighted by molar-refractivity contribution is 7.92. The van der Waals surface area contributed by atoms with Gasteiger partial charge in [-0.25, -0.2) is 8.42 Å². The van der Waals surface area contributed by atoms with Crippen molar-refractivity contribution < 1.29 is 22.7 Å². The Kier molecular flexibility index (Phi) is 6.19. The Labute approximate surface area is 188 Å². The molecule has 11 heteroatoms. The zero-order valence-electron chi connectivity index (χ0n) is 17.2. The van der Waals surface area contributed by atoms with Crippen molar-refractivity contribution in [1.29, 1.82) is 0 Å². The quantitative estimate of drug-likeness (QED) is 0.566. The number of benzene rings is 2. The van der Waals surface area contributed by atoms with Gasteiger partial charge in [0.2, 0.25) is 5.91 Å². The zero-order chi connectivity index (χ0) is 22.7. The van der Waals surface area contributed by atoms with Crippen LogP contribution in [-0.2, 0) is 21.4 Å². The molecule has 1 aromatic heterocycles. The largest absolute Gasteiger partial charge is 0.490 e. The van der Waals surface area contributed by atoms with Gasteiger partial charge in [-0.05, 0) is 43.3 Å². The molecule has 32 heavy (non-hydrogen) atoms. The summed E-state index contributed by atoms with van der Waals surface area (Å²) in [6, 6.07) is 10.7. The molecule has 0 radical (unpaired) electrons. The highest BCUT2D eigenvalue weighted by Crippen LogP contribution is 2.32. The van der Waals surface area contributed by atoms with E-state index in [0.29, 0.717) is 36.1 Å². The number of nitrogens with zero attached hydrogens (tertiary/aromatic N) is 1. The van der Waals surface area contributed by atoms with E-state index in [1.54, 1.807) is 30.5 Å². The number of thiazole rings is 1. The van der Waals surface area contributed by atoms with Crippen LogP contribution in [0.15, 0.2) is 57.5 Å². The monoisotopic (exact) mass is 475 g/mol. The predicted molar refractivity (Wildman–Crippen MR) is 121 cm³/mol. The molecule has 168 valence electrons. The molecule has 0 aliphatic carbocycles. The van der Waals surface area contributed by atoms with Gasteiger partial charge in [0.05, 0.1) is 18.1 Å². The van der Waals surface area contributed by atoms with Crippen LogP contribution in [0.1, 0.15) is 12.1 Å². The van der Waals surface area contributed by atoms with Gasteiger partial charge in [0, 0.05) is 34.9 Å². The second kappa shape index (κ2) is 9.05. The number of nitrogens with one attached hydrogen (secondary N) is 2. The molecule has 9 nitrogen and oxygen atoms in total. The van der Waals surface area contributed by atoms with Crippen LogP contribution in [0, 0.1) is 6.92 Å². The Balaban J connectivity index is 1.42. The van der Waals surface area contributed by atoms with Gasteiger partial charge in [-0.3, -0.25) is 18.9 Å². The van der Waals surface area contributed by atoms with Crippen molar-refractivity contribution in [1.82, 2.24) is 4.57 Å². The van der Waals surface area contributed by atoms with Crippen LogP contribution in [0.2, 0.25) is 0 Å². The molecule has 1 aliphatic heterocycles. The smallest absolute Gasteiger partial charge is 0.307 e. The number of carbonyl (C=O) groups excluding carboxylic acids is 1. The molecule has 0 atom stereocenters. The molecule has 0 saturated heterocycles. The minimum absolute atomic E-state index is 0.0516. The summed E-state index contributed by atoms with van der Waals surface area (Å²) in [5.74, 6) is 0.555. The number of fused-ring (bicyclic) bond motifs is 1. The number of hydrogen-bond acceptors (Lipinski definition) is 7. The molecule has 2 aromatic carbocycles. The van der Waals surface area contributed by atoms with Crippen molar-refractivity contribution in [2.45, 2.75) is 24.8 Å². The first-order chi connectivity index (χ1) is 15.3. The summed E-state index contributed by atoms with van der Waals surface area (Å²) in [5, 5.41) is 4.39. The van der Waals surface area contributed by atoms with E-state index in [1.807, 2.05) is 0 Å². The molecule has 3 aromatic rings. The average Bonchev–Trinajstić information content (AvgIpc) is 2.95. The van der Waals surface area contributed by atoms with Gasteiger partial charge in [0.1, 0.15) is 6.54 Å². The highest BCUT2D eigenvalue weighted by Gasteiger charge is 2.19. The molecule has 1 amide bonds. The first kappa shape index (κ1) is 21.9. The summed E-state index contributed by atoms with van der Waals surface area (Å²) in [5.41, 5.74) is 1.53. The lowest BCUT2D eigenvalue weighted by molar-refractivity contribution is -0.116. The molecular weight excluding hydrogens is 454 g/mol. The molecule has 1 aliphatic rings. The van der Waals surface area contributed by atoms with Crippen LogP contribution in [0.4, 0.5) is 11.4 Å². The summed E-state index contributed by atoms with van der Waals surface area (Å²) in [6.45, 7) is 2.64. The molecule has 0 fully saturated rings. The van der Waals surface area contributed by atoms with E-state index in [4.69, 9.17) is 9.47 Å². The molecule has 4 rings (SSSR count). The van der Waals surface area contributed by atoms with E-state index in [0.717, 1.165) is 23.5 Å². The van der Waals surface area contributed by atoms with Gasteiger partial charge in [0.25, 0.3) is 10.0 Å². The Morgan fingerprint density at radius 2 is 1.75 bits per heavy atom. The van der Waals surface area contributed by atoms with Crippen molar-refractivity contribution in [2.24, 2.45) is 0 Å². The van der Waals surface area contributed by atoms with Gasteiger partial charge < -0.3 is 14.8 Å². The van der Waals surface area contributed by atoms with E-state index < -0.39 is 10.0 Å². The van der Waals surface area contributed by atoms with E-state index in [2.05, 4.69) is 10.0 Å². The molecule has 2 N–H and O–H groups in total. The van der Waals surface area contributed by atoms with E-state index in [1.165, 1.54) is 28.8 Å². The minimum atomic E-state index is -3.85. The first-order valence-electron chi connectivity index (χ1n) is 9.79. The standard InChI is InChI=1S/C21H21N3O6S2/c1-14-13-31-21(26)24(14)12-20(25)22-15-3-5-16(6-4-15)23-32(27,28)17-7-8-18-19(11-17)30-10-2-9-29-18/h3-8,11,13,23H,2,9-10,12H2,1H3,(H,22,25). The number of aryl methyl sites for hydroxylation is 1. The molecule has 0 bridgehead atoms. The fourth-order valence-electron chi connectivity index (χ4n) is 3.09. The third kappa shape index (κ3) is 4.94. The lowest BCUT2D eigenvalue weighted by atomic mass is 10.3. The van der Waals surface area contributed by atoms with Gasteiger partial charge in [-0.1, -0.05) is 11.3 Å². The Morgan fingerprint density at radius 1 is 1.06 bits per heavy atom. The SMILES string of the molecule is Cc1csc(=O)n1CC(=O)Nc1ccc(NS(=O)(=O)c2ccc3c(c2)OCCCO3)cc1. The molecule has 0 saturated carbocycles. The second-order valence-corrected chi connectivity index (χ2v) is 9.62. The number of hydrogen-bond donors (Lipinski definition) is 2. The maximum absolute atomic E-state index is 12.8. The molecule has 0 spiro atoms. The second-order valence-electron chi connectivity index (χ2n) is 7.12. The molecule has 2 heterocycles. The van der Waals surface area contributed by atoms with Crippen LogP contribution in [-0.4, -0.2) is 32.1 Å². The van der Waals surface area contributed by atoms with E-state index in [9.17, 15) is 18.0 Å².